The predicted octanol–water partition coefficient (Wildman–Crippen LogP) is 1.60. The Hall–Kier alpha value is -1.33. The van der Waals surface area contributed by atoms with Crippen LogP contribution < -0.4 is 16.6 Å². The van der Waals surface area contributed by atoms with Crippen LogP contribution in [-0.2, 0) is 0 Å². The molecule has 0 aliphatic carbocycles. The van der Waals surface area contributed by atoms with Gasteiger partial charge in [0.05, 0.1) is 0 Å². The number of carbonyl (C=O) groups is 1. The molecule has 0 aliphatic heterocycles. The van der Waals surface area contributed by atoms with Gasteiger partial charge in [-0.2, -0.15) is 0 Å². The molecule has 114 valence electrons. The lowest BCUT2D eigenvalue weighted by Crippen LogP contribution is -2.52. The number of carbonyl (C=O) groups excluding carboxylic acids is 1. The molecule has 1 rings (SSSR count). The molecule has 1 amide bonds. The van der Waals surface area contributed by atoms with E-state index in [2.05, 4.69) is 24.1 Å². The van der Waals surface area contributed by atoms with Gasteiger partial charge in [-0.05, 0) is 38.3 Å². The number of hydrogen-bond donors (Lipinski definition) is 3. The second kappa shape index (κ2) is 7.45. The molecule has 0 aromatic carbocycles. The van der Waals surface area contributed by atoms with Gasteiger partial charge in [-0.1, -0.05) is 13.8 Å². The van der Waals surface area contributed by atoms with Gasteiger partial charge < -0.3 is 16.0 Å². The minimum Gasteiger partial charge on any atom is -0.345 e. The third kappa shape index (κ3) is 4.98. The highest BCUT2D eigenvalue weighted by atomic mass is 35.5. The molecule has 1 aromatic rings. The summed E-state index contributed by atoms with van der Waals surface area (Å²) in [5.74, 6) is 0.0278. The van der Waals surface area contributed by atoms with E-state index < -0.39 is 5.54 Å². The number of H-pyrrole nitrogens is 1. The Morgan fingerprint density at radius 3 is 2.50 bits per heavy atom. The standard InChI is InChI=1S/C14H23N3O2.ClH/c1-9(2)7-14(4,8-15)17-13(19)11-6-5-10(3)16-12(11)18;/h5-6,9H,7-8,15H2,1-4H3,(H,16,18)(H,17,19);1H. The third-order valence-corrected chi connectivity index (χ3v) is 3.02. The minimum atomic E-state index is -0.497. The minimum absolute atomic E-state index is 0. The first-order valence-corrected chi connectivity index (χ1v) is 6.50. The fourth-order valence-electron chi connectivity index (χ4n) is 2.18. The van der Waals surface area contributed by atoms with E-state index in [0.717, 1.165) is 12.1 Å². The molecular formula is C14H24ClN3O2. The Bertz CT molecular complexity index is 513. The van der Waals surface area contributed by atoms with Crippen LogP contribution >= 0.6 is 12.4 Å². The van der Waals surface area contributed by atoms with Crippen molar-refractivity contribution in [2.24, 2.45) is 11.7 Å². The second-order valence-electron chi connectivity index (χ2n) is 5.70. The van der Waals surface area contributed by atoms with Crippen molar-refractivity contribution in [3.05, 3.63) is 33.7 Å². The zero-order valence-corrected chi connectivity index (χ0v) is 13.3. The summed E-state index contributed by atoms with van der Waals surface area (Å²) in [7, 11) is 0. The Kier molecular flexibility index (Phi) is 6.96. The molecule has 6 heteroatoms. The normalized spacial score (nSPS) is 13.5. The highest BCUT2D eigenvalue weighted by Gasteiger charge is 2.27. The van der Waals surface area contributed by atoms with Gasteiger partial charge in [-0.3, -0.25) is 9.59 Å². The van der Waals surface area contributed by atoms with Crippen molar-refractivity contribution in [1.82, 2.24) is 10.3 Å². The third-order valence-electron chi connectivity index (χ3n) is 3.02. The maximum absolute atomic E-state index is 12.1. The molecule has 0 saturated carbocycles. The molecule has 1 unspecified atom stereocenters. The van der Waals surface area contributed by atoms with Crippen LogP contribution in [0.25, 0.3) is 0 Å². The first-order chi connectivity index (χ1) is 8.77. The number of aromatic amines is 1. The van der Waals surface area contributed by atoms with E-state index in [9.17, 15) is 9.59 Å². The summed E-state index contributed by atoms with van der Waals surface area (Å²) in [5, 5.41) is 2.87. The van der Waals surface area contributed by atoms with Crippen LogP contribution in [0, 0.1) is 12.8 Å². The topological polar surface area (TPSA) is 88.0 Å². The van der Waals surface area contributed by atoms with Crippen LogP contribution in [0.3, 0.4) is 0 Å². The van der Waals surface area contributed by atoms with Gasteiger partial charge >= 0.3 is 0 Å². The zero-order valence-electron chi connectivity index (χ0n) is 12.4. The average Bonchev–Trinajstić information content (AvgIpc) is 2.27. The van der Waals surface area contributed by atoms with Crippen LogP contribution in [0.1, 0.15) is 43.2 Å². The molecule has 0 fully saturated rings. The lowest BCUT2D eigenvalue weighted by molar-refractivity contribution is 0.0896. The number of pyridine rings is 1. The molecule has 4 N–H and O–H groups in total. The van der Waals surface area contributed by atoms with Crippen LogP contribution in [0.4, 0.5) is 0 Å². The maximum Gasteiger partial charge on any atom is 0.260 e. The van der Waals surface area contributed by atoms with E-state index in [1.807, 2.05) is 6.92 Å². The summed E-state index contributed by atoms with van der Waals surface area (Å²) < 4.78 is 0. The first kappa shape index (κ1) is 18.7. The van der Waals surface area contributed by atoms with Crippen LogP contribution in [-0.4, -0.2) is 23.0 Å². The number of aryl methyl sites for hydroxylation is 1. The summed E-state index contributed by atoms with van der Waals surface area (Å²) in [6.07, 6.45) is 0.763. The average molecular weight is 302 g/mol. The summed E-state index contributed by atoms with van der Waals surface area (Å²) >= 11 is 0. The van der Waals surface area contributed by atoms with Crippen molar-refractivity contribution in [1.29, 1.82) is 0 Å². The van der Waals surface area contributed by atoms with Gasteiger partial charge in [0.2, 0.25) is 0 Å². The monoisotopic (exact) mass is 301 g/mol. The SMILES string of the molecule is Cc1ccc(C(=O)NC(C)(CN)CC(C)C)c(=O)[nH]1.Cl. The summed E-state index contributed by atoms with van der Waals surface area (Å²) in [4.78, 5) is 26.5. The molecule has 0 bridgehead atoms. The number of nitrogens with two attached hydrogens (primary N) is 1. The van der Waals surface area contributed by atoms with E-state index in [1.165, 1.54) is 6.07 Å². The molecular weight excluding hydrogens is 278 g/mol. The van der Waals surface area contributed by atoms with Gasteiger partial charge in [-0.15, -0.1) is 12.4 Å². The van der Waals surface area contributed by atoms with Crippen molar-refractivity contribution < 1.29 is 4.79 Å². The van der Waals surface area contributed by atoms with E-state index in [-0.39, 0.29) is 29.4 Å². The highest BCUT2D eigenvalue weighted by molar-refractivity contribution is 5.94. The first-order valence-electron chi connectivity index (χ1n) is 6.50. The van der Waals surface area contributed by atoms with Crippen molar-refractivity contribution in [3.63, 3.8) is 0 Å². The largest absolute Gasteiger partial charge is 0.345 e. The smallest absolute Gasteiger partial charge is 0.260 e. The molecule has 20 heavy (non-hydrogen) atoms. The predicted molar refractivity (Wildman–Crippen MR) is 83.4 cm³/mol. The van der Waals surface area contributed by atoms with E-state index in [1.54, 1.807) is 13.0 Å². The number of rotatable bonds is 5. The van der Waals surface area contributed by atoms with Crippen molar-refractivity contribution in [3.8, 4) is 0 Å². The molecule has 0 radical (unpaired) electrons. The fraction of sp³-hybridized carbons (Fsp3) is 0.571. The number of hydrogen-bond acceptors (Lipinski definition) is 3. The number of halogens is 1. The van der Waals surface area contributed by atoms with Crippen molar-refractivity contribution in [2.45, 2.75) is 39.7 Å². The molecule has 0 saturated heterocycles. The van der Waals surface area contributed by atoms with Crippen molar-refractivity contribution in [2.75, 3.05) is 6.54 Å². The van der Waals surface area contributed by atoms with E-state index >= 15 is 0 Å². The summed E-state index contributed by atoms with van der Waals surface area (Å²) in [6, 6.07) is 3.24. The zero-order chi connectivity index (χ0) is 14.6. The molecule has 5 nitrogen and oxygen atoms in total. The second-order valence-corrected chi connectivity index (χ2v) is 5.70. The molecule has 1 aromatic heterocycles. The van der Waals surface area contributed by atoms with E-state index in [4.69, 9.17) is 5.73 Å². The quantitative estimate of drug-likeness (QED) is 0.772. The van der Waals surface area contributed by atoms with Crippen LogP contribution in [0.2, 0.25) is 0 Å². The summed E-state index contributed by atoms with van der Waals surface area (Å²) in [5.41, 5.74) is 5.72. The fourth-order valence-corrected chi connectivity index (χ4v) is 2.18. The number of nitrogens with one attached hydrogen (secondary N) is 2. The molecule has 0 spiro atoms. The Labute approximate surface area is 125 Å². The van der Waals surface area contributed by atoms with Gasteiger partial charge in [0, 0.05) is 17.8 Å². The Balaban J connectivity index is 0.00000361. The molecule has 0 aliphatic rings. The van der Waals surface area contributed by atoms with Crippen LogP contribution in [0.15, 0.2) is 16.9 Å². The Morgan fingerprint density at radius 1 is 1.45 bits per heavy atom. The van der Waals surface area contributed by atoms with Gasteiger partial charge in [0.15, 0.2) is 0 Å². The van der Waals surface area contributed by atoms with Gasteiger partial charge in [0.25, 0.3) is 11.5 Å². The number of aromatic nitrogens is 1. The molecule has 1 atom stereocenters. The summed E-state index contributed by atoms with van der Waals surface area (Å²) in [6.45, 7) is 8.14. The van der Waals surface area contributed by atoms with Gasteiger partial charge in [0.1, 0.15) is 5.56 Å². The van der Waals surface area contributed by atoms with Crippen LogP contribution in [0.5, 0.6) is 0 Å². The lowest BCUT2D eigenvalue weighted by Gasteiger charge is -2.31. The molecule has 1 heterocycles. The van der Waals surface area contributed by atoms with Crippen molar-refractivity contribution >= 4 is 18.3 Å². The van der Waals surface area contributed by atoms with Gasteiger partial charge in [-0.25, -0.2) is 0 Å². The highest BCUT2D eigenvalue weighted by Crippen LogP contribution is 2.15. The number of amides is 1. The lowest BCUT2D eigenvalue weighted by atomic mass is 9.90. The Morgan fingerprint density at radius 2 is 2.05 bits per heavy atom. The maximum atomic E-state index is 12.1. The van der Waals surface area contributed by atoms with E-state index in [0.29, 0.717) is 12.5 Å².